The first-order valence-electron chi connectivity index (χ1n) is 7.09. The highest BCUT2D eigenvalue weighted by atomic mass is 79.9. The Bertz CT molecular complexity index is 489. The zero-order valence-electron chi connectivity index (χ0n) is 13.3. The zero-order chi connectivity index (χ0) is 17.3. The van der Waals surface area contributed by atoms with Crippen LogP contribution in [0.4, 0.5) is 5.69 Å². The highest BCUT2D eigenvalue weighted by Crippen LogP contribution is 2.20. The third kappa shape index (κ3) is 7.75. The van der Waals surface area contributed by atoms with Gasteiger partial charge in [0.15, 0.2) is 0 Å². The average Bonchev–Trinajstić information content (AvgIpc) is 2.49. The molecule has 22 heavy (non-hydrogen) atoms. The van der Waals surface area contributed by atoms with Gasteiger partial charge in [-0.15, -0.1) is 0 Å². The number of amides is 1. The molecule has 0 aromatic heterocycles. The SMILES string of the molecule is CCC(Br)C(=O)Cl.CCC(Br)C(=O)Nc1c(C)cccc1C. The molecule has 0 bridgehead atoms. The van der Waals surface area contributed by atoms with Crippen LogP contribution >= 0.6 is 43.5 Å². The fourth-order valence-corrected chi connectivity index (χ4v) is 1.83. The Hall–Kier alpha value is -0.390. The molecular weight excluding hydrogens is 433 g/mol. The Balaban J connectivity index is 0.000000534. The fourth-order valence-electron chi connectivity index (χ4n) is 1.56. The number of aryl methyl sites for hydroxylation is 2. The first-order chi connectivity index (χ1) is 10.2. The van der Waals surface area contributed by atoms with Crippen LogP contribution in [0.1, 0.15) is 37.8 Å². The molecule has 2 unspecified atom stereocenters. The van der Waals surface area contributed by atoms with Crippen molar-refractivity contribution < 1.29 is 9.59 Å². The van der Waals surface area contributed by atoms with Gasteiger partial charge in [0.2, 0.25) is 11.1 Å². The zero-order valence-corrected chi connectivity index (χ0v) is 17.2. The number of nitrogens with one attached hydrogen (secondary N) is 1. The van der Waals surface area contributed by atoms with Gasteiger partial charge in [-0.3, -0.25) is 9.59 Å². The van der Waals surface area contributed by atoms with Crippen LogP contribution in [0.3, 0.4) is 0 Å². The lowest BCUT2D eigenvalue weighted by Crippen LogP contribution is -2.22. The number of rotatable bonds is 5. The maximum Gasteiger partial charge on any atom is 0.238 e. The Morgan fingerprint density at radius 3 is 1.86 bits per heavy atom. The predicted octanol–water partition coefficient (Wildman–Crippen LogP) is 5.34. The minimum Gasteiger partial charge on any atom is -0.325 e. The van der Waals surface area contributed by atoms with E-state index in [0.717, 1.165) is 29.7 Å². The molecule has 0 aliphatic rings. The Labute approximate surface area is 154 Å². The van der Waals surface area contributed by atoms with Crippen LogP contribution in [0.2, 0.25) is 0 Å². The summed E-state index contributed by atoms with van der Waals surface area (Å²) in [5.41, 5.74) is 3.12. The van der Waals surface area contributed by atoms with Gasteiger partial charge >= 0.3 is 0 Å². The molecule has 3 nitrogen and oxygen atoms in total. The molecule has 0 saturated heterocycles. The van der Waals surface area contributed by atoms with Crippen molar-refractivity contribution in [2.45, 2.75) is 50.2 Å². The number of carbonyl (C=O) groups excluding carboxylic acids is 2. The van der Waals surface area contributed by atoms with E-state index in [1.54, 1.807) is 0 Å². The normalized spacial score (nSPS) is 12.7. The van der Waals surface area contributed by atoms with Crippen molar-refractivity contribution >= 4 is 60.3 Å². The van der Waals surface area contributed by atoms with Gasteiger partial charge in [0.25, 0.3) is 0 Å². The summed E-state index contributed by atoms with van der Waals surface area (Å²) in [6, 6.07) is 5.99. The Morgan fingerprint density at radius 1 is 1.09 bits per heavy atom. The fraction of sp³-hybridized carbons (Fsp3) is 0.500. The number of hydrogen-bond acceptors (Lipinski definition) is 2. The molecule has 6 heteroatoms. The van der Waals surface area contributed by atoms with Gasteiger partial charge in [0, 0.05) is 5.69 Å². The molecule has 1 amide bonds. The molecule has 1 aromatic carbocycles. The van der Waals surface area contributed by atoms with E-state index in [9.17, 15) is 9.59 Å². The molecule has 0 heterocycles. The molecule has 0 spiro atoms. The number of halogens is 3. The lowest BCUT2D eigenvalue weighted by Gasteiger charge is -2.13. The van der Waals surface area contributed by atoms with Gasteiger partial charge in [-0.1, -0.05) is 63.9 Å². The van der Waals surface area contributed by atoms with Crippen molar-refractivity contribution in [2.24, 2.45) is 0 Å². The van der Waals surface area contributed by atoms with Crippen molar-refractivity contribution in [1.82, 2.24) is 0 Å². The van der Waals surface area contributed by atoms with E-state index < -0.39 is 0 Å². The molecule has 1 aromatic rings. The summed E-state index contributed by atoms with van der Waals surface area (Å²) in [5.74, 6) is 0.0231. The van der Waals surface area contributed by atoms with Crippen LogP contribution in [0, 0.1) is 13.8 Å². The second-order valence-corrected chi connectivity index (χ2v) is 7.39. The smallest absolute Gasteiger partial charge is 0.238 e. The van der Waals surface area contributed by atoms with Crippen molar-refractivity contribution in [2.75, 3.05) is 5.32 Å². The largest absolute Gasteiger partial charge is 0.325 e. The van der Waals surface area contributed by atoms with Gasteiger partial charge in [-0.25, -0.2) is 0 Å². The molecule has 1 rings (SSSR count). The summed E-state index contributed by atoms with van der Waals surface area (Å²) in [6.07, 6.45) is 1.54. The van der Waals surface area contributed by atoms with Gasteiger partial charge < -0.3 is 5.32 Å². The van der Waals surface area contributed by atoms with Crippen LogP contribution in [0.5, 0.6) is 0 Å². The van der Waals surface area contributed by atoms with E-state index in [1.807, 2.05) is 45.9 Å². The van der Waals surface area contributed by atoms with Gasteiger partial charge in [0.05, 0.1) is 9.65 Å². The molecule has 0 aliphatic heterocycles. The lowest BCUT2D eigenvalue weighted by molar-refractivity contribution is -0.115. The summed E-state index contributed by atoms with van der Waals surface area (Å²) < 4.78 is 0. The first-order valence-corrected chi connectivity index (χ1v) is 9.30. The maximum absolute atomic E-state index is 11.7. The maximum atomic E-state index is 11.7. The molecule has 124 valence electrons. The summed E-state index contributed by atoms with van der Waals surface area (Å²) in [7, 11) is 0. The van der Waals surface area contributed by atoms with Gasteiger partial charge in [0.1, 0.15) is 0 Å². The van der Waals surface area contributed by atoms with Crippen LogP contribution in [-0.2, 0) is 9.59 Å². The number of para-hydroxylation sites is 1. The molecule has 1 N–H and O–H groups in total. The van der Waals surface area contributed by atoms with Crippen molar-refractivity contribution in [3.05, 3.63) is 29.3 Å². The van der Waals surface area contributed by atoms with E-state index >= 15 is 0 Å². The average molecular weight is 456 g/mol. The van der Waals surface area contributed by atoms with Crippen LogP contribution < -0.4 is 5.32 Å². The third-order valence-corrected chi connectivity index (χ3v) is 5.63. The molecule has 0 aliphatic carbocycles. The van der Waals surface area contributed by atoms with Crippen molar-refractivity contribution in [3.63, 3.8) is 0 Å². The quantitative estimate of drug-likeness (QED) is 0.481. The topological polar surface area (TPSA) is 46.2 Å². The second kappa shape index (κ2) is 11.2. The van der Waals surface area contributed by atoms with E-state index in [-0.39, 0.29) is 20.8 Å². The van der Waals surface area contributed by atoms with E-state index in [1.165, 1.54) is 0 Å². The summed E-state index contributed by atoms with van der Waals surface area (Å²) in [4.78, 5) is 21.5. The molecule has 0 saturated carbocycles. The standard InChI is InChI=1S/C12H16BrNO.C4H6BrClO/c1-4-10(13)12(15)14-11-8(2)6-5-7-9(11)3;1-2-3(5)4(6)7/h5-7,10H,4H2,1-3H3,(H,14,15);3H,2H2,1H3. The van der Waals surface area contributed by atoms with Crippen molar-refractivity contribution in [3.8, 4) is 0 Å². The third-order valence-electron chi connectivity index (χ3n) is 2.98. The molecule has 2 atom stereocenters. The first kappa shape index (κ1) is 21.6. The Kier molecular flexibility index (Phi) is 11.0. The van der Waals surface area contributed by atoms with Gasteiger partial charge in [-0.05, 0) is 49.4 Å². The highest BCUT2D eigenvalue weighted by molar-refractivity contribution is 9.10. The van der Waals surface area contributed by atoms with E-state index in [2.05, 4.69) is 37.2 Å². The monoisotopic (exact) mass is 453 g/mol. The molecular formula is C16H22Br2ClNO2. The molecule has 0 fully saturated rings. The number of alkyl halides is 2. The summed E-state index contributed by atoms with van der Waals surface area (Å²) in [5, 5.41) is 2.63. The molecule has 0 radical (unpaired) electrons. The van der Waals surface area contributed by atoms with Crippen LogP contribution in [-0.4, -0.2) is 20.8 Å². The number of hydrogen-bond donors (Lipinski definition) is 1. The van der Waals surface area contributed by atoms with E-state index in [4.69, 9.17) is 11.6 Å². The minimum atomic E-state index is -0.317. The van der Waals surface area contributed by atoms with Crippen LogP contribution in [0.25, 0.3) is 0 Å². The predicted molar refractivity (Wildman–Crippen MR) is 101 cm³/mol. The lowest BCUT2D eigenvalue weighted by atomic mass is 10.1. The van der Waals surface area contributed by atoms with Crippen LogP contribution in [0.15, 0.2) is 18.2 Å². The second-order valence-electron chi connectivity index (χ2n) is 4.81. The van der Waals surface area contributed by atoms with Gasteiger partial charge in [-0.2, -0.15) is 0 Å². The number of benzene rings is 1. The number of anilines is 1. The highest BCUT2D eigenvalue weighted by Gasteiger charge is 2.14. The van der Waals surface area contributed by atoms with Crippen molar-refractivity contribution in [1.29, 1.82) is 0 Å². The summed E-state index contributed by atoms with van der Waals surface area (Å²) in [6.45, 7) is 7.86. The summed E-state index contributed by atoms with van der Waals surface area (Å²) >= 11 is 11.4. The number of carbonyl (C=O) groups is 2. The van der Waals surface area contributed by atoms with E-state index in [0.29, 0.717) is 0 Å². The minimum absolute atomic E-state index is 0.0231. The Morgan fingerprint density at radius 2 is 1.55 bits per heavy atom.